The topological polar surface area (TPSA) is 74.6 Å². The van der Waals surface area contributed by atoms with Crippen molar-refractivity contribution >= 4 is 60.9 Å². The summed E-state index contributed by atoms with van der Waals surface area (Å²) in [6.07, 6.45) is 23.2. The number of carboxylic acids is 2. The summed E-state index contributed by atoms with van der Waals surface area (Å²) in [5, 5.41) is 15.8. The van der Waals surface area contributed by atoms with E-state index in [4.69, 9.17) is 10.2 Å². The van der Waals surface area contributed by atoms with E-state index >= 15 is 0 Å². The molecule has 0 aromatic carbocycles. The second kappa shape index (κ2) is 26.6. The Labute approximate surface area is 201 Å². The number of hydrogen-bond acceptors (Lipinski definition) is 2. The van der Waals surface area contributed by atoms with Gasteiger partial charge in [-0.05, 0) is 0 Å². The number of rotatable bonds is 19. The van der Waals surface area contributed by atoms with Crippen LogP contribution in [0.15, 0.2) is 0 Å². The van der Waals surface area contributed by atoms with E-state index in [0.717, 1.165) is 49.0 Å². The molecule has 0 rings (SSSR count). The molecule has 156 valence electrons. The fraction of sp³-hybridized carbons (Fsp3) is 0.909. The molecule has 5 heteroatoms. The molecule has 0 aliphatic rings. The van der Waals surface area contributed by atoms with Gasteiger partial charge in [0.1, 0.15) is 0 Å². The maximum Gasteiger partial charge on any atom is 0.303 e. The average molecular weight is 411 g/mol. The molecule has 0 bridgehead atoms. The minimum atomic E-state index is -1.08. The maximum atomic E-state index is 9.64. The Kier molecular flexibility index (Phi) is 29.3. The van der Waals surface area contributed by atoms with E-state index in [2.05, 4.69) is 6.92 Å². The van der Waals surface area contributed by atoms with Gasteiger partial charge in [-0.15, -0.1) is 0 Å². The first-order valence-electron chi connectivity index (χ1n) is 11.5. The van der Waals surface area contributed by atoms with Gasteiger partial charge in [0.05, 0.1) is 12.8 Å². The van der Waals surface area contributed by atoms with E-state index in [9.17, 15) is 9.59 Å². The summed E-state index contributed by atoms with van der Waals surface area (Å²) >= 11 is 1.10. The van der Waals surface area contributed by atoms with Crippen LogP contribution in [0, 0.1) is 0 Å². The minimum Gasteiger partial charge on any atom is -0.481 e. The van der Waals surface area contributed by atoms with Crippen LogP contribution in [0.5, 0.6) is 0 Å². The molecule has 0 aliphatic carbocycles. The van der Waals surface area contributed by atoms with Crippen molar-refractivity contribution in [2.45, 2.75) is 123 Å². The molecule has 0 heterocycles. The predicted molar refractivity (Wildman–Crippen MR) is 115 cm³/mol. The molecule has 0 spiro atoms. The molecule has 0 radical (unpaired) electrons. The zero-order valence-electron chi connectivity index (χ0n) is 18.1. The summed E-state index contributed by atoms with van der Waals surface area (Å²) in [6.45, 7) is 2.30. The van der Waals surface area contributed by atoms with Gasteiger partial charge in [-0.25, -0.2) is 0 Å². The van der Waals surface area contributed by atoms with Crippen LogP contribution in [0.1, 0.15) is 122 Å². The van der Waals surface area contributed by atoms with Gasteiger partial charge in [0.2, 0.25) is 0 Å². The minimum absolute atomic E-state index is 0.296. The van der Waals surface area contributed by atoms with Crippen molar-refractivity contribution in [1.82, 2.24) is 0 Å². The Morgan fingerprint density at radius 3 is 1.04 bits per heavy atom. The molecule has 0 unspecified atom stereocenters. The second-order valence-corrected chi connectivity index (χ2v) is 9.15. The number of hydrogen-bond donors (Lipinski definition) is 2. The zero-order chi connectivity index (χ0) is 20.6. The molecule has 27 heavy (non-hydrogen) atoms. The van der Waals surface area contributed by atoms with Gasteiger partial charge in [0.25, 0.3) is 0 Å². The summed E-state index contributed by atoms with van der Waals surface area (Å²) in [5.41, 5.74) is 0. The Balaban J connectivity index is 0. The van der Waals surface area contributed by atoms with E-state index in [1.165, 1.54) is 103 Å². The molecule has 0 amide bonds. The molecule has 4 nitrogen and oxygen atoms in total. The maximum absolute atomic E-state index is 9.64. The van der Waals surface area contributed by atoms with Crippen LogP contribution in [0.2, 0.25) is 0.515 Å². The molecule has 0 atom stereocenters. The number of carboxylic acid groups (broad SMARTS) is 2. The number of aliphatic carboxylic acids is 2. The third-order valence-corrected chi connectivity index (χ3v) is 5.86. The van der Waals surface area contributed by atoms with Crippen molar-refractivity contribution in [3.8, 4) is 0 Å². The molecular formula is C22H43KO4. The largest absolute Gasteiger partial charge is 0.481 e. The normalized spacial score (nSPS) is 10.3. The second-order valence-electron chi connectivity index (χ2n) is 7.59. The van der Waals surface area contributed by atoms with Crippen LogP contribution in [0.4, 0.5) is 0 Å². The Morgan fingerprint density at radius 1 is 0.556 bits per heavy atom. The number of carbonyl (C=O) groups is 2. The van der Waals surface area contributed by atoms with Gasteiger partial charge in [0, 0.05) is 0 Å². The quantitative estimate of drug-likeness (QED) is 0.182. The van der Waals surface area contributed by atoms with E-state index in [1.54, 1.807) is 0.515 Å². The monoisotopic (exact) mass is 410 g/mol. The van der Waals surface area contributed by atoms with Gasteiger partial charge >= 0.3 is 132 Å². The molecular weight excluding hydrogens is 367 g/mol. The van der Waals surface area contributed by atoms with Crippen molar-refractivity contribution in [2.75, 3.05) is 0 Å². The van der Waals surface area contributed by atoms with Crippen LogP contribution < -0.4 is 0 Å². The summed E-state index contributed by atoms with van der Waals surface area (Å²) < 4.78 is 1.56. The molecule has 2 N–H and O–H groups in total. The van der Waals surface area contributed by atoms with Crippen LogP contribution in [-0.4, -0.2) is 71.1 Å². The molecule has 0 fully saturated rings. The van der Waals surface area contributed by atoms with E-state index in [1.807, 2.05) is 0 Å². The van der Waals surface area contributed by atoms with Crippen molar-refractivity contribution in [2.24, 2.45) is 0 Å². The summed E-state index contributed by atoms with van der Waals surface area (Å²) in [5.74, 6) is -2.15. The fourth-order valence-electron chi connectivity index (χ4n) is 3.01. The van der Waals surface area contributed by atoms with Crippen molar-refractivity contribution in [1.29, 1.82) is 0 Å². The third-order valence-electron chi connectivity index (χ3n) is 4.76. The first kappa shape index (κ1) is 29.8. The third kappa shape index (κ3) is 34.5. The van der Waals surface area contributed by atoms with Crippen LogP contribution in [-0.2, 0) is 9.59 Å². The van der Waals surface area contributed by atoms with E-state index in [0.29, 0.717) is 0 Å². The predicted octanol–water partition coefficient (Wildman–Crippen LogP) is 6.77. The van der Waals surface area contributed by atoms with E-state index < -0.39 is 11.9 Å². The SMILES string of the molecule is CCCCCCCCCCCCCCCCC[CH2][K].O=C(O)CCC(=O)O. The number of unbranched alkanes of at least 4 members (excludes halogenated alkanes) is 15. The summed E-state index contributed by atoms with van der Waals surface area (Å²) in [6, 6.07) is 0. The van der Waals surface area contributed by atoms with Crippen LogP contribution >= 0.6 is 0 Å². The van der Waals surface area contributed by atoms with Crippen molar-refractivity contribution < 1.29 is 19.8 Å². The molecule has 0 aromatic heterocycles. The van der Waals surface area contributed by atoms with Crippen LogP contribution in [0.25, 0.3) is 0 Å². The fourth-order valence-corrected chi connectivity index (χ4v) is 3.79. The van der Waals surface area contributed by atoms with Gasteiger partial charge in [-0.2, -0.15) is 0 Å². The molecule has 0 saturated heterocycles. The first-order chi connectivity index (χ1) is 13.0. The van der Waals surface area contributed by atoms with E-state index in [-0.39, 0.29) is 12.8 Å². The van der Waals surface area contributed by atoms with Crippen molar-refractivity contribution in [3.63, 3.8) is 0 Å². The first-order valence-corrected chi connectivity index (χ1v) is 13.7. The zero-order valence-corrected chi connectivity index (χ0v) is 21.3. The van der Waals surface area contributed by atoms with Crippen molar-refractivity contribution in [3.05, 3.63) is 0 Å². The van der Waals surface area contributed by atoms with Gasteiger partial charge in [-0.3, -0.25) is 9.59 Å². The summed E-state index contributed by atoms with van der Waals surface area (Å²) in [7, 11) is 0. The average Bonchev–Trinajstić information content (AvgIpc) is 2.64. The standard InChI is InChI=1S/C18H37.C4H6O4.K/c1-3-5-7-9-11-13-15-17-18-16-14-12-10-8-6-4-2;5-3(6)1-2-4(7)8;/h1,3-18H2,2H3;1-2H2,(H,5,6)(H,7,8);. The Hall–Kier alpha value is 0.576. The Morgan fingerprint density at radius 2 is 0.815 bits per heavy atom. The smallest absolute Gasteiger partial charge is 0.303 e. The molecule has 0 saturated carbocycles. The van der Waals surface area contributed by atoms with Gasteiger partial charge < -0.3 is 10.2 Å². The van der Waals surface area contributed by atoms with Gasteiger partial charge in [0.15, 0.2) is 0 Å². The van der Waals surface area contributed by atoms with Crippen LogP contribution in [0.3, 0.4) is 0 Å². The summed E-state index contributed by atoms with van der Waals surface area (Å²) in [4.78, 5) is 19.3. The van der Waals surface area contributed by atoms with Gasteiger partial charge in [-0.1, -0.05) is 39.0 Å². The Bertz CT molecular complexity index is 291. The molecule has 0 aromatic rings. The molecule has 0 aliphatic heterocycles.